The van der Waals surface area contributed by atoms with Gasteiger partial charge in [-0.05, 0) is 31.9 Å². The van der Waals surface area contributed by atoms with Crippen LogP contribution in [0.1, 0.15) is 25.5 Å². The first kappa shape index (κ1) is 22.0. The Morgan fingerprint density at radius 2 is 2.19 bits per heavy atom. The lowest BCUT2D eigenvalue weighted by Gasteiger charge is -2.12. The second kappa shape index (κ2) is 12.2. The van der Waals surface area contributed by atoms with Crippen molar-refractivity contribution < 1.29 is 13.9 Å². The van der Waals surface area contributed by atoms with Crippen LogP contribution in [0, 0.1) is 5.92 Å². The van der Waals surface area contributed by atoms with E-state index in [9.17, 15) is 0 Å². The molecule has 0 spiro atoms. The summed E-state index contributed by atoms with van der Waals surface area (Å²) in [6.07, 6.45) is 2.07. The number of halogens is 1. The molecule has 2 heterocycles. The fourth-order valence-electron chi connectivity index (χ4n) is 2.96. The van der Waals surface area contributed by atoms with E-state index in [4.69, 9.17) is 13.9 Å². The van der Waals surface area contributed by atoms with Gasteiger partial charge in [0.1, 0.15) is 17.9 Å². The maximum Gasteiger partial charge on any atom is 0.191 e. The van der Waals surface area contributed by atoms with Crippen molar-refractivity contribution in [1.29, 1.82) is 0 Å². The first-order valence-corrected chi connectivity index (χ1v) is 9.50. The van der Waals surface area contributed by atoms with Crippen LogP contribution in [0.4, 0.5) is 0 Å². The fraction of sp³-hybridized carbons (Fsp3) is 0.550. The molecule has 1 unspecified atom stereocenters. The first-order chi connectivity index (χ1) is 12.8. The molecule has 1 aliphatic heterocycles. The van der Waals surface area contributed by atoms with Gasteiger partial charge in [0, 0.05) is 37.6 Å². The molecule has 0 radical (unpaired) electrons. The summed E-state index contributed by atoms with van der Waals surface area (Å²) >= 11 is 0. The fourth-order valence-corrected chi connectivity index (χ4v) is 2.96. The Labute approximate surface area is 178 Å². The maximum absolute atomic E-state index is 5.81. The molecule has 0 bridgehead atoms. The number of guanidine groups is 1. The van der Waals surface area contributed by atoms with E-state index >= 15 is 0 Å². The highest BCUT2D eigenvalue weighted by Gasteiger charge is 2.15. The van der Waals surface area contributed by atoms with Crippen LogP contribution in [0.5, 0.6) is 0 Å². The summed E-state index contributed by atoms with van der Waals surface area (Å²) in [5.74, 6) is 2.24. The molecule has 2 aromatic rings. The van der Waals surface area contributed by atoms with E-state index in [2.05, 4.69) is 22.5 Å². The van der Waals surface area contributed by atoms with Crippen LogP contribution in [0.3, 0.4) is 0 Å². The summed E-state index contributed by atoms with van der Waals surface area (Å²) in [7, 11) is 0. The van der Waals surface area contributed by atoms with Crippen molar-refractivity contribution >= 4 is 40.9 Å². The predicted octanol–water partition coefficient (Wildman–Crippen LogP) is 3.55. The number of rotatable bonds is 9. The summed E-state index contributed by atoms with van der Waals surface area (Å²) in [6, 6.07) is 10.1. The topological polar surface area (TPSA) is 68.0 Å². The van der Waals surface area contributed by atoms with Gasteiger partial charge in [-0.3, -0.25) is 0 Å². The Morgan fingerprint density at radius 3 is 2.96 bits per heavy atom. The van der Waals surface area contributed by atoms with E-state index < -0.39 is 0 Å². The van der Waals surface area contributed by atoms with Crippen molar-refractivity contribution in [1.82, 2.24) is 10.6 Å². The number of aliphatic imine (C=N–C) groups is 1. The summed E-state index contributed by atoms with van der Waals surface area (Å²) in [5.41, 5.74) is 0.903. The van der Waals surface area contributed by atoms with Crippen molar-refractivity contribution in [2.45, 2.75) is 26.3 Å². The van der Waals surface area contributed by atoms with Crippen LogP contribution in [0.2, 0.25) is 0 Å². The zero-order valence-corrected chi connectivity index (χ0v) is 18.2. The molecule has 150 valence electrons. The highest BCUT2D eigenvalue weighted by atomic mass is 127. The molecule has 1 fully saturated rings. The van der Waals surface area contributed by atoms with Crippen LogP contribution in [-0.2, 0) is 16.0 Å². The summed E-state index contributed by atoms with van der Waals surface area (Å²) < 4.78 is 16.9. The van der Waals surface area contributed by atoms with Gasteiger partial charge in [-0.1, -0.05) is 18.2 Å². The van der Waals surface area contributed by atoms with Gasteiger partial charge in [0.25, 0.3) is 0 Å². The van der Waals surface area contributed by atoms with Crippen LogP contribution in [0.25, 0.3) is 11.0 Å². The van der Waals surface area contributed by atoms with Crippen molar-refractivity contribution in [3.63, 3.8) is 0 Å². The molecule has 0 saturated carbocycles. The monoisotopic (exact) mass is 487 g/mol. The lowest BCUT2D eigenvalue weighted by atomic mass is 10.1. The number of benzene rings is 1. The molecular formula is C20H30IN3O3. The highest BCUT2D eigenvalue weighted by molar-refractivity contribution is 14.0. The molecular weight excluding hydrogens is 457 g/mol. The van der Waals surface area contributed by atoms with Gasteiger partial charge in [0.2, 0.25) is 0 Å². The van der Waals surface area contributed by atoms with Gasteiger partial charge in [-0.25, -0.2) is 4.99 Å². The third-order valence-corrected chi connectivity index (χ3v) is 4.35. The number of nitrogens with one attached hydrogen (secondary N) is 2. The largest absolute Gasteiger partial charge is 0.459 e. The molecule has 1 aromatic heterocycles. The minimum absolute atomic E-state index is 0. The van der Waals surface area contributed by atoms with Crippen LogP contribution >= 0.6 is 24.0 Å². The normalized spacial score (nSPS) is 17.1. The number of ether oxygens (including phenoxy) is 2. The summed E-state index contributed by atoms with van der Waals surface area (Å²) in [4.78, 5) is 4.60. The number of furan rings is 1. The zero-order valence-electron chi connectivity index (χ0n) is 15.9. The zero-order chi connectivity index (χ0) is 18.0. The molecule has 0 amide bonds. The van der Waals surface area contributed by atoms with Gasteiger partial charge in [-0.2, -0.15) is 0 Å². The van der Waals surface area contributed by atoms with Gasteiger partial charge >= 0.3 is 0 Å². The number of para-hydroxylation sites is 1. The lowest BCUT2D eigenvalue weighted by Crippen LogP contribution is -2.38. The quantitative estimate of drug-likeness (QED) is 0.245. The van der Waals surface area contributed by atoms with E-state index in [-0.39, 0.29) is 24.0 Å². The van der Waals surface area contributed by atoms with Crippen molar-refractivity contribution in [3.05, 3.63) is 36.1 Å². The minimum atomic E-state index is 0. The lowest BCUT2D eigenvalue weighted by molar-refractivity contribution is 0.0888. The van der Waals surface area contributed by atoms with Crippen molar-refractivity contribution in [2.75, 3.05) is 39.5 Å². The Balaban J connectivity index is 0.00000261. The number of nitrogens with zero attached hydrogens (tertiary/aromatic N) is 1. The second-order valence-corrected chi connectivity index (χ2v) is 6.53. The van der Waals surface area contributed by atoms with Crippen molar-refractivity contribution in [3.8, 4) is 0 Å². The van der Waals surface area contributed by atoms with Crippen LogP contribution < -0.4 is 10.6 Å². The predicted molar refractivity (Wildman–Crippen MR) is 119 cm³/mol. The van der Waals surface area contributed by atoms with Gasteiger partial charge in [0.05, 0.1) is 13.2 Å². The number of hydrogen-bond acceptors (Lipinski definition) is 4. The Hall–Kier alpha value is -1.32. The van der Waals surface area contributed by atoms with Gasteiger partial charge in [-0.15, -0.1) is 24.0 Å². The molecule has 3 rings (SSSR count). The molecule has 1 aliphatic rings. The number of fused-ring (bicyclic) bond motifs is 1. The third-order valence-electron chi connectivity index (χ3n) is 4.35. The van der Waals surface area contributed by atoms with Crippen LogP contribution in [-0.4, -0.2) is 45.5 Å². The van der Waals surface area contributed by atoms with E-state index in [0.29, 0.717) is 12.5 Å². The third kappa shape index (κ3) is 7.31. The average Bonchev–Trinajstić information content (AvgIpc) is 3.31. The first-order valence-electron chi connectivity index (χ1n) is 9.50. The Kier molecular flexibility index (Phi) is 9.93. The minimum Gasteiger partial charge on any atom is -0.459 e. The molecule has 0 aliphatic carbocycles. The van der Waals surface area contributed by atoms with E-state index in [0.717, 1.165) is 75.0 Å². The molecule has 7 heteroatoms. The maximum atomic E-state index is 5.81. The van der Waals surface area contributed by atoms with Gasteiger partial charge < -0.3 is 24.5 Å². The molecule has 2 N–H and O–H groups in total. The standard InChI is InChI=1S/C20H29N3O3.HI/c1-2-21-20(22-9-5-10-24-14-16-8-11-25-15-16)23-13-18-12-17-6-3-4-7-19(17)26-18;/h3-4,6-7,12,16H,2,5,8-11,13-15H2,1H3,(H2,21,22,23);1H. The smallest absolute Gasteiger partial charge is 0.191 e. The SMILES string of the molecule is CCNC(=NCc1cc2ccccc2o1)NCCCOCC1CCOC1.I. The summed E-state index contributed by atoms with van der Waals surface area (Å²) in [5, 5.41) is 7.72. The van der Waals surface area contributed by atoms with Gasteiger partial charge in [0.15, 0.2) is 5.96 Å². The second-order valence-electron chi connectivity index (χ2n) is 6.53. The molecule has 1 saturated heterocycles. The Bertz CT molecular complexity index is 666. The van der Waals surface area contributed by atoms with E-state index in [1.54, 1.807) is 0 Å². The average molecular weight is 487 g/mol. The van der Waals surface area contributed by atoms with Crippen LogP contribution in [0.15, 0.2) is 39.7 Å². The molecule has 6 nitrogen and oxygen atoms in total. The number of hydrogen-bond donors (Lipinski definition) is 2. The van der Waals surface area contributed by atoms with E-state index in [1.165, 1.54) is 0 Å². The van der Waals surface area contributed by atoms with E-state index in [1.807, 2.05) is 30.3 Å². The molecule has 1 aromatic carbocycles. The Morgan fingerprint density at radius 1 is 1.30 bits per heavy atom. The van der Waals surface area contributed by atoms with Crippen molar-refractivity contribution in [2.24, 2.45) is 10.9 Å². The summed E-state index contributed by atoms with van der Waals surface area (Å²) in [6.45, 7) is 7.51. The highest BCUT2D eigenvalue weighted by Crippen LogP contribution is 2.19. The molecule has 1 atom stereocenters. The molecule has 27 heavy (non-hydrogen) atoms.